The van der Waals surface area contributed by atoms with E-state index in [9.17, 15) is 18.4 Å². The van der Waals surface area contributed by atoms with Crippen LogP contribution in [-0.2, 0) is 9.53 Å². The molecule has 0 saturated carbocycles. The van der Waals surface area contributed by atoms with E-state index in [1.54, 1.807) is 12.0 Å². The summed E-state index contributed by atoms with van der Waals surface area (Å²) in [6.45, 7) is 2.99. The molecule has 0 unspecified atom stereocenters. The number of carbonyl (C=O) groups excluding carboxylic acids is 2. The number of hydrogen-bond donors (Lipinski definition) is 1. The zero-order valence-electron chi connectivity index (χ0n) is 13.9. The van der Waals surface area contributed by atoms with Gasteiger partial charge < -0.3 is 15.0 Å². The van der Waals surface area contributed by atoms with E-state index in [4.69, 9.17) is 4.74 Å². The Bertz CT molecular complexity index is 609. The van der Waals surface area contributed by atoms with Crippen molar-refractivity contribution >= 4 is 11.8 Å². The Morgan fingerprint density at radius 1 is 1.29 bits per heavy atom. The molecule has 1 aromatic carbocycles. The first-order chi connectivity index (χ1) is 11.4. The molecule has 0 spiro atoms. The molecule has 2 atom stereocenters. The molecule has 7 heteroatoms. The fourth-order valence-electron chi connectivity index (χ4n) is 2.82. The van der Waals surface area contributed by atoms with Crippen molar-refractivity contribution in [1.82, 2.24) is 10.2 Å². The Labute approximate surface area is 140 Å². The van der Waals surface area contributed by atoms with Gasteiger partial charge in [-0.25, -0.2) is 8.78 Å². The predicted molar refractivity (Wildman–Crippen MR) is 84.5 cm³/mol. The molecule has 132 valence electrons. The van der Waals surface area contributed by atoms with Crippen LogP contribution in [0.25, 0.3) is 0 Å². The van der Waals surface area contributed by atoms with E-state index in [-0.39, 0.29) is 30.0 Å². The lowest BCUT2D eigenvalue weighted by Crippen LogP contribution is -2.49. The first kappa shape index (κ1) is 18.3. The minimum absolute atomic E-state index is 0.0614. The third-order valence-electron chi connectivity index (χ3n) is 4.29. The number of likely N-dealkylation sites (tertiary alicyclic amines) is 1. The normalized spacial score (nSPS) is 20.8. The summed E-state index contributed by atoms with van der Waals surface area (Å²) in [4.78, 5) is 26.3. The van der Waals surface area contributed by atoms with Gasteiger partial charge in [-0.2, -0.15) is 0 Å². The highest BCUT2D eigenvalue weighted by Crippen LogP contribution is 2.24. The van der Waals surface area contributed by atoms with Gasteiger partial charge in [-0.3, -0.25) is 9.59 Å². The van der Waals surface area contributed by atoms with E-state index in [0.717, 1.165) is 12.1 Å². The van der Waals surface area contributed by atoms with Gasteiger partial charge in [-0.1, -0.05) is 0 Å². The van der Waals surface area contributed by atoms with Crippen molar-refractivity contribution in [2.45, 2.75) is 25.8 Å². The van der Waals surface area contributed by atoms with Gasteiger partial charge in [0.1, 0.15) is 0 Å². The standard InChI is InChI=1S/C17H22F2N2O3/c1-11-3-4-13(16(22)20-7-8-24-2)10-21(11)17(23)12-5-6-14(18)15(19)9-12/h5-6,9,11,13H,3-4,7-8,10H2,1-2H3,(H,20,22)/t11-,13-/m0/s1. The minimum Gasteiger partial charge on any atom is -0.383 e. The van der Waals surface area contributed by atoms with Crippen LogP contribution in [0.2, 0.25) is 0 Å². The van der Waals surface area contributed by atoms with Crippen molar-refractivity contribution in [3.05, 3.63) is 35.4 Å². The molecular weight excluding hydrogens is 318 g/mol. The van der Waals surface area contributed by atoms with E-state index in [1.165, 1.54) is 6.07 Å². The Kier molecular flexibility index (Phi) is 6.25. The third kappa shape index (κ3) is 4.29. The number of ether oxygens (including phenoxy) is 1. The number of hydrogen-bond acceptors (Lipinski definition) is 3. The van der Waals surface area contributed by atoms with Crippen LogP contribution in [0.3, 0.4) is 0 Å². The lowest BCUT2D eigenvalue weighted by atomic mass is 9.92. The van der Waals surface area contributed by atoms with E-state index < -0.39 is 17.5 Å². The van der Waals surface area contributed by atoms with Gasteiger partial charge in [0.15, 0.2) is 11.6 Å². The first-order valence-electron chi connectivity index (χ1n) is 7.96. The van der Waals surface area contributed by atoms with Gasteiger partial charge >= 0.3 is 0 Å². The molecule has 1 aliphatic rings. The van der Waals surface area contributed by atoms with Crippen molar-refractivity contribution in [2.24, 2.45) is 5.92 Å². The van der Waals surface area contributed by atoms with Crippen molar-refractivity contribution in [3.8, 4) is 0 Å². The second kappa shape index (κ2) is 8.19. The van der Waals surface area contributed by atoms with Crippen molar-refractivity contribution in [1.29, 1.82) is 0 Å². The number of methoxy groups -OCH3 is 1. The summed E-state index contributed by atoms with van der Waals surface area (Å²) in [6, 6.07) is 3.03. The highest BCUT2D eigenvalue weighted by atomic mass is 19.2. The summed E-state index contributed by atoms with van der Waals surface area (Å²) in [5.74, 6) is -2.88. The van der Waals surface area contributed by atoms with Gasteiger partial charge in [0.05, 0.1) is 12.5 Å². The summed E-state index contributed by atoms with van der Waals surface area (Å²) >= 11 is 0. The van der Waals surface area contributed by atoms with E-state index in [0.29, 0.717) is 26.0 Å². The van der Waals surface area contributed by atoms with Gasteiger partial charge in [-0.05, 0) is 38.0 Å². The number of halogens is 2. The molecule has 0 aliphatic carbocycles. The van der Waals surface area contributed by atoms with Crippen LogP contribution < -0.4 is 5.32 Å². The summed E-state index contributed by atoms with van der Waals surface area (Å²) in [5, 5.41) is 2.77. The Morgan fingerprint density at radius 3 is 2.71 bits per heavy atom. The number of benzene rings is 1. The Balaban J connectivity index is 2.05. The fourth-order valence-corrected chi connectivity index (χ4v) is 2.82. The number of nitrogens with one attached hydrogen (secondary N) is 1. The topological polar surface area (TPSA) is 58.6 Å². The molecule has 2 rings (SSSR count). The molecular formula is C17H22F2N2O3. The average Bonchev–Trinajstić information content (AvgIpc) is 2.57. The zero-order chi connectivity index (χ0) is 17.7. The SMILES string of the molecule is COCCNC(=O)[C@H]1CC[C@H](C)N(C(=O)c2ccc(F)c(F)c2)C1. The van der Waals surface area contributed by atoms with Gasteiger partial charge in [0, 0.05) is 31.8 Å². The largest absolute Gasteiger partial charge is 0.383 e. The number of piperidine rings is 1. The number of rotatable bonds is 5. The minimum atomic E-state index is -1.06. The maximum atomic E-state index is 13.4. The molecule has 1 aliphatic heterocycles. The van der Waals surface area contributed by atoms with Gasteiger partial charge in [-0.15, -0.1) is 0 Å². The molecule has 1 saturated heterocycles. The third-order valence-corrected chi connectivity index (χ3v) is 4.29. The van der Waals surface area contributed by atoms with Gasteiger partial charge in [0.2, 0.25) is 5.91 Å². The highest BCUT2D eigenvalue weighted by molar-refractivity contribution is 5.95. The molecule has 1 heterocycles. The molecule has 24 heavy (non-hydrogen) atoms. The molecule has 1 fully saturated rings. The van der Waals surface area contributed by atoms with E-state index in [2.05, 4.69) is 5.32 Å². The summed E-state index contributed by atoms with van der Waals surface area (Å²) in [6.07, 6.45) is 1.36. The maximum Gasteiger partial charge on any atom is 0.254 e. The van der Waals surface area contributed by atoms with Crippen LogP contribution in [0.4, 0.5) is 8.78 Å². The molecule has 0 bridgehead atoms. The molecule has 2 amide bonds. The lowest BCUT2D eigenvalue weighted by Gasteiger charge is -2.37. The molecule has 0 aromatic heterocycles. The van der Waals surface area contributed by atoms with Crippen LogP contribution in [0.5, 0.6) is 0 Å². The summed E-state index contributed by atoms with van der Waals surface area (Å²) in [5.41, 5.74) is 0.0844. The highest BCUT2D eigenvalue weighted by Gasteiger charge is 2.33. The van der Waals surface area contributed by atoms with Crippen molar-refractivity contribution in [2.75, 3.05) is 26.8 Å². The fraction of sp³-hybridized carbons (Fsp3) is 0.529. The number of nitrogens with zero attached hydrogens (tertiary/aromatic N) is 1. The maximum absolute atomic E-state index is 13.4. The molecule has 1 N–H and O–H groups in total. The first-order valence-corrected chi connectivity index (χ1v) is 7.96. The van der Waals surface area contributed by atoms with Crippen LogP contribution in [0.15, 0.2) is 18.2 Å². The average molecular weight is 340 g/mol. The van der Waals surface area contributed by atoms with Crippen LogP contribution in [0.1, 0.15) is 30.1 Å². The summed E-state index contributed by atoms with van der Waals surface area (Å²) in [7, 11) is 1.55. The predicted octanol–water partition coefficient (Wildman–Crippen LogP) is 1.97. The number of amides is 2. The van der Waals surface area contributed by atoms with Crippen LogP contribution in [-0.4, -0.2) is 49.6 Å². The lowest BCUT2D eigenvalue weighted by molar-refractivity contribution is -0.126. The van der Waals surface area contributed by atoms with Crippen LogP contribution >= 0.6 is 0 Å². The molecule has 1 aromatic rings. The Morgan fingerprint density at radius 2 is 2.04 bits per heavy atom. The quantitative estimate of drug-likeness (QED) is 0.834. The zero-order valence-corrected chi connectivity index (χ0v) is 13.9. The summed E-state index contributed by atoms with van der Waals surface area (Å²) < 4.78 is 31.3. The van der Waals surface area contributed by atoms with Gasteiger partial charge in [0.25, 0.3) is 5.91 Å². The second-order valence-electron chi connectivity index (χ2n) is 5.99. The van der Waals surface area contributed by atoms with E-state index in [1.807, 2.05) is 6.92 Å². The molecule has 0 radical (unpaired) electrons. The molecule has 5 nitrogen and oxygen atoms in total. The second-order valence-corrected chi connectivity index (χ2v) is 5.99. The number of carbonyl (C=O) groups is 2. The Hall–Kier alpha value is -2.02. The monoisotopic (exact) mass is 340 g/mol. The van der Waals surface area contributed by atoms with Crippen molar-refractivity contribution in [3.63, 3.8) is 0 Å². The van der Waals surface area contributed by atoms with E-state index >= 15 is 0 Å². The smallest absolute Gasteiger partial charge is 0.254 e. The van der Waals surface area contributed by atoms with Crippen LogP contribution in [0, 0.1) is 17.6 Å². The van der Waals surface area contributed by atoms with Crippen molar-refractivity contribution < 1.29 is 23.1 Å².